The van der Waals surface area contributed by atoms with Crippen molar-refractivity contribution >= 4 is 36.9 Å². The van der Waals surface area contributed by atoms with Crippen LogP contribution in [-0.4, -0.2) is 70.5 Å². The molecule has 0 unspecified atom stereocenters. The van der Waals surface area contributed by atoms with E-state index < -0.39 is 70.5 Å². The number of carbonyl (C=O) groups is 6. The summed E-state index contributed by atoms with van der Waals surface area (Å²) in [5.74, 6) is -1.33. The molecule has 0 spiro atoms. The van der Waals surface area contributed by atoms with Crippen LogP contribution in [0.5, 0.6) is 34.5 Å². The summed E-state index contributed by atoms with van der Waals surface area (Å²) in [5, 5.41) is 0. The Kier molecular flexibility index (Phi) is 16.3. The van der Waals surface area contributed by atoms with Crippen LogP contribution in [0.15, 0.2) is 36.4 Å². The summed E-state index contributed by atoms with van der Waals surface area (Å²) in [6.07, 6.45) is -6.62. The first-order valence-corrected chi connectivity index (χ1v) is 22.2. The second kappa shape index (κ2) is 20.5. The number of fused-ring (bicyclic) bond motifs is 3. The molecule has 4 rings (SSSR count). The molecule has 1 aliphatic carbocycles. The van der Waals surface area contributed by atoms with Crippen molar-refractivity contribution in [3.8, 4) is 34.5 Å². The number of benzene rings is 3. The standard InChI is InChI=1S/C51H66O18/c1-46(2,3)64-40(52)58-34-22-28-19-30-24-36(60-42(54)66-48(7,8)9)38(62-44(56)68-50(13,14)15)26-32(30)21-33-27-39(63-45(57)69-51(16,17)18)37(61-43(55)67-49(10,11)12)25-31(33)20-29(28)23-35(34)59-41(53)65-47(4,5)6/h22-27H,19-21H2,1-18H3. The maximum atomic E-state index is 13.2. The summed E-state index contributed by atoms with van der Waals surface area (Å²) in [6, 6.07) is 8.87. The van der Waals surface area contributed by atoms with E-state index in [0.29, 0.717) is 33.4 Å². The zero-order valence-corrected chi connectivity index (χ0v) is 42.9. The Labute approximate surface area is 403 Å². The van der Waals surface area contributed by atoms with Gasteiger partial charge in [0.1, 0.15) is 33.6 Å². The molecule has 3 aromatic rings. The fraction of sp³-hybridized carbons (Fsp3) is 0.529. The molecule has 18 heteroatoms. The number of hydrogen-bond acceptors (Lipinski definition) is 18. The number of rotatable bonds is 6. The summed E-state index contributed by atoms with van der Waals surface area (Å²) >= 11 is 0. The summed E-state index contributed by atoms with van der Waals surface area (Å²) in [5.41, 5.74) is -2.95. The first-order valence-electron chi connectivity index (χ1n) is 22.2. The molecule has 0 fully saturated rings. The van der Waals surface area contributed by atoms with Crippen LogP contribution >= 0.6 is 0 Å². The minimum Gasteiger partial charge on any atom is -0.428 e. The van der Waals surface area contributed by atoms with Gasteiger partial charge >= 0.3 is 36.9 Å². The van der Waals surface area contributed by atoms with Crippen LogP contribution in [0.4, 0.5) is 28.8 Å². The van der Waals surface area contributed by atoms with Gasteiger partial charge in [-0.3, -0.25) is 0 Å². The molecular formula is C51H66O18. The lowest BCUT2D eigenvalue weighted by molar-refractivity contribution is 0.0137. The van der Waals surface area contributed by atoms with Gasteiger partial charge in [-0.25, -0.2) is 28.8 Å². The molecule has 3 aromatic carbocycles. The molecule has 0 atom stereocenters. The van der Waals surface area contributed by atoms with Crippen LogP contribution in [0.1, 0.15) is 158 Å². The molecule has 0 amide bonds. The van der Waals surface area contributed by atoms with Crippen molar-refractivity contribution in [1.29, 1.82) is 0 Å². The second-order valence-electron chi connectivity index (χ2n) is 22.1. The number of ether oxygens (including phenoxy) is 12. The van der Waals surface area contributed by atoms with Crippen molar-refractivity contribution in [2.24, 2.45) is 0 Å². The van der Waals surface area contributed by atoms with Crippen molar-refractivity contribution in [3.63, 3.8) is 0 Å². The van der Waals surface area contributed by atoms with Crippen molar-refractivity contribution in [3.05, 3.63) is 69.8 Å². The average molecular weight is 967 g/mol. The Morgan fingerprint density at radius 3 is 0.478 bits per heavy atom. The van der Waals surface area contributed by atoms with Crippen LogP contribution in [0, 0.1) is 0 Å². The Bertz CT molecular complexity index is 2010. The van der Waals surface area contributed by atoms with Gasteiger partial charge in [0.25, 0.3) is 0 Å². The van der Waals surface area contributed by atoms with Gasteiger partial charge in [0, 0.05) is 0 Å². The average Bonchev–Trinajstić information content (AvgIpc) is 3.13. The summed E-state index contributed by atoms with van der Waals surface area (Å²) in [7, 11) is 0. The van der Waals surface area contributed by atoms with Gasteiger partial charge in [0.2, 0.25) is 0 Å². The van der Waals surface area contributed by atoms with E-state index in [1.54, 1.807) is 125 Å². The van der Waals surface area contributed by atoms with E-state index in [-0.39, 0.29) is 53.8 Å². The monoisotopic (exact) mass is 966 g/mol. The molecule has 18 nitrogen and oxygen atoms in total. The highest BCUT2D eigenvalue weighted by molar-refractivity contribution is 5.74. The Morgan fingerprint density at radius 2 is 0.377 bits per heavy atom. The summed E-state index contributed by atoms with van der Waals surface area (Å²) in [4.78, 5) is 79.4. The predicted octanol–water partition coefficient (Wildman–Crippen LogP) is 12.7. The third-order valence-electron chi connectivity index (χ3n) is 8.44. The van der Waals surface area contributed by atoms with E-state index in [4.69, 9.17) is 56.8 Å². The molecule has 0 heterocycles. The quantitative estimate of drug-likeness (QED) is 0.0998. The van der Waals surface area contributed by atoms with Crippen molar-refractivity contribution in [2.45, 2.75) is 177 Å². The Morgan fingerprint density at radius 1 is 0.261 bits per heavy atom. The lowest BCUT2D eigenvalue weighted by atomic mass is 9.94. The zero-order valence-electron chi connectivity index (χ0n) is 42.9. The number of carbonyl (C=O) groups excluding carboxylic acids is 6. The fourth-order valence-electron chi connectivity index (χ4n) is 6.18. The molecule has 0 saturated heterocycles. The minimum absolute atomic E-state index is 0.00990. The third-order valence-corrected chi connectivity index (χ3v) is 8.44. The van der Waals surface area contributed by atoms with Gasteiger partial charge in [-0.2, -0.15) is 0 Å². The molecule has 0 aromatic heterocycles. The van der Waals surface area contributed by atoms with Gasteiger partial charge in [-0.05, 0) is 214 Å². The van der Waals surface area contributed by atoms with Crippen LogP contribution < -0.4 is 28.4 Å². The second-order valence-corrected chi connectivity index (χ2v) is 22.1. The van der Waals surface area contributed by atoms with Crippen LogP contribution in [-0.2, 0) is 47.7 Å². The summed E-state index contributed by atoms with van der Waals surface area (Å²) < 4.78 is 67.0. The highest BCUT2D eigenvalue weighted by Crippen LogP contribution is 2.42. The molecule has 0 aliphatic heterocycles. The molecule has 0 saturated carbocycles. The highest BCUT2D eigenvalue weighted by Gasteiger charge is 2.31. The Balaban J connectivity index is 2.11. The molecule has 0 N–H and O–H groups in total. The van der Waals surface area contributed by atoms with Crippen molar-refractivity contribution in [2.75, 3.05) is 0 Å². The zero-order chi connectivity index (χ0) is 52.2. The summed E-state index contributed by atoms with van der Waals surface area (Å²) in [6.45, 7) is 29.6. The van der Waals surface area contributed by atoms with Gasteiger partial charge < -0.3 is 56.8 Å². The van der Waals surface area contributed by atoms with Gasteiger partial charge in [0.05, 0.1) is 0 Å². The van der Waals surface area contributed by atoms with E-state index in [2.05, 4.69) is 0 Å². The minimum atomic E-state index is -1.11. The van der Waals surface area contributed by atoms with Crippen molar-refractivity contribution in [1.82, 2.24) is 0 Å². The third kappa shape index (κ3) is 18.7. The van der Waals surface area contributed by atoms with E-state index in [1.807, 2.05) is 0 Å². The largest absolute Gasteiger partial charge is 0.514 e. The SMILES string of the molecule is CC(C)(C)OC(=O)Oc1cc2c(cc1OC(=O)OC(C)(C)C)Cc1cc(OC(=O)OC(C)(C)C)c(OC(=O)OC(C)(C)C)cc1Cc1cc(OC(=O)OC(C)(C)C)c(OC(=O)OC(C)(C)C)cc1C2. The molecular weight excluding hydrogens is 901 g/mol. The van der Waals surface area contributed by atoms with Crippen LogP contribution in [0.3, 0.4) is 0 Å². The molecule has 378 valence electrons. The lowest BCUT2D eigenvalue weighted by Gasteiger charge is -2.22. The van der Waals surface area contributed by atoms with Gasteiger partial charge in [0.15, 0.2) is 34.5 Å². The molecule has 0 bridgehead atoms. The van der Waals surface area contributed by atoms with Crippen LogP contribution in [0.2, 0.25) is 0 Å². The predicted molar refractivity (Wildman–Crippen MR) is 249 cm³/mol. The smallest absolute Gasteiger partial charge is 0.428 e. The van der Waals surface area contributed by atoms with Crippen molar-refractivity contribution < 1.29 is 85.6 Å². The van der Waals surface area contributed by atoms with Crippen LogP contribution in [0.25, 0.3) is 0 Å². The maximum absolute atomic E-state index is 13.2. The molecule has 69 heavy (non-hydrogen) atoms. The van der Waals surface area contributed by atoms with E-state index in [1.165, 1.54) is 36.4 Å². The number of hydrogen-bond donors (Lipinski definition) is 0. The van der Waals surface area contributed by atoms with Gasteiger partial charge in [-0.15, -0.1) is 0 Å². The first kappa shape index (κ1) is 54.9. The van der Waals surface area contributed by atoms with E-state index in [0.717, 1.165) is 0 Å². The van der Waals surface area contributed by atoms with E-state index in [9.17, 15) is 28.8 Å². The first-order chi connectivity index (χ1) is 31.3. The molecule has 0 radical (unpaired) electrons. The van der Waals surface area contributed by atoms with Gasteiger partial charge in [-0.1, -0.05) is 0 Å². The molecule has 1 aliphatic rings. The normalized spacial score (nSPS) is 13.0. The maximum Gasteiger partial charge on any atom is 0.514 e. The lowest BCUT2D eigenvalue weighted by Crippen LogP contribution is -2.27. The highest BCUT2D eigenvalue weighted by atomic mass is 16.8. The Hall–Kier alpha value is -6.72. The topological polar surface area (TPSA) is 213 Å². The van der Waals surface area contributed by atoms with E-state index >= 15 is 0 Å². The fourth-order valence-corrected chi connectivity index (χ4v) is 6.18.